The minimum Gasteiger partial charge on any atom is -0.444 e. The van der Waals surface area contributed by atoms with Crippen LogP contribution in [-0.2, 0) is 14.4 Å². The first-order chi connectivity index (χ1) is 11.4. The van der Waals surface area contributed by atoms with Crippen LogP contribution < -0.4 is 5.64 Å². The number of carbonyl (C=O) groups excluding carboxylic acids is 2. The van der Waals surface area contributed by atoms with E-state index < -0.39 is 17.7 Å². The van der Waals surface area contributed by atoms with E-state index in [4.69, 9.17) is 14.4 Å². The minimum atomic E-state index is -0.561. The number of nitrogens with one attached hydrogen (secondary N) is 1. The van der Waals surface area contributed by atoms with E-state index in [2.05, 4.69) is 5.64 Å². The maximum absolute atomic E-state index is 12.1. The summed E-state index contributed by atoms with van der Waals surface area (Å²) in [5.74, 6) is -0.554. The van der Waals surface area contributed by atoms with Crippen LogP contribution in [-0.4, -0.2) is 41.8 Å². The summed E-state index contributed by atoms with van der Waals surface area (Å²) in [6, 6.07) is 8.25. The number of carbonyl (C=O) groups is 2. The molecular weight excluding hydrogens is 312 g/mol. The Labute approximate surface area is 141 Å². The van der Waals surface area contributed by atoms with Crippen LogP contribution in [0.4, 0.5) is 4.79 Å². The third-order valence-corrected chi connectivity index (χ3v) is 3.15. The van der Waals surface area contributed by atoms with Gasteiger partial charge in [0.2, 0.25) is 0 Å². The van der Waals surface area contributed by atoms with Crippen LogP contribution in [0.25, 0.3) is 0 Å². The van der Waals surface area contributed by atoms with Gasteiger partial charge in [0.1, 0.15) is 5.60 Å². The van der Waals surface area contributed by atoms with Gasteiger partial charge in [-0.25, -0.2) is 9.59 Å². The summed E-state index contributed by atoms with van der Waals surface area (Å²) < 4.78 is 5.34. The topological polar surface area (TPSA) is 77.1 Å². The second-order valence-electron chi connectivity index (χ2n) is 6.28. The zero-order valence-corrected chi connectivity index (χ0v) is 14.0. The SMILES string of the molecule is CC(C)(C)OC(=O)N1CC=C[C@H]1CONOC(=O)c1ccccc1. The lowest BCUT2D eigenvalue weighted by Gasteiger charge is -2.28. The molecule has 1 heterocycles. The van der Waals surface area contributed by atoms with Crippen LogP contribution >= 0.6 is 0 Å². The number of hydrogen-bond acceptors (Lipinski definition) is 6. The standard InChI is InChI=1S/C17H22N2O5/c1-17(2,3)23-16(21)19-11-7-10-14(19)12-22-18-24-15(20)13-8-5-4-6-9-13/h4-10,14,18H,11-12H2,1-3H3/t14-/m0/s1. The molecule has 0 bridgehead atoms. The van der Waals surface area contributed by atoms with Gasteiger partial charge in [0.15, 0.2) is 0 Å². The molecule has 24 heavy (non-hydrogen) atoms. The van der Waals surface area contributed by atoms with Crippen LogP contribution in [0.2, 0.25) is 0 Å². The van der Waals surface area contributed by atoms with Gasteiger partial charge in [0.25, 0.3) is 0 Å². The largest absolute Gasteiger partial charge is 0.444 e. The Morgan fingerprint density at radius 3 is 2.62 bits per heavy atom. The van der Waals surface area contributed by atoms with Crippen LogP contribution in [0, 0.1) is 0 Å². The van der Waals surface area contributed by atoms with Gasteiger partial charge < -0.3 is 9.57 Å². The maximum Gasteiger partial charge on any atom is 0.411 e. The van der Waals surface area contributed by atoms with Crippen LogP contribution in [0.3, 0.4) is 0 Å². The highest BCUT2D eigenvalue weighted by atomic mass is 16.9. The number of benzene rings is 1. The fourth-order valence-electron chi connectivity index (χ4n) is 2.07. The summed E-state index contributed by atoms with van der Waals surface area (Å²) in [6.07, 6.45) is 3.28. The summed E-state index contributed by atoms with van der Waals surface area (Å²) in [4.78, 5) is 35.3. The third-order valence-electron chi connectivity index (χ3n) is 3.15. The monoisotopic (exact) mass is 334 g/mol. The molecule has 1 aliphatic rings. The second-order valence-corrected chi connectivity index (χ2v) is 6.28. The van der Waals surface area contributed by atoms with E-state index in [-0.39, 0.29) is 12.6 Å². The van der Waals surface area contributed by atoms with Gasteiger partial charge in [-0.3, -0.25) is 9.74 Å². The van der Waals surface area contributed by atoms with Gasteiger partial charge in [-0.2, -0.15) is 0 Å². The summed E-state index contributed by atoms with van der Waals surface area (Å²) in [5, 5.41) is 0. The molecule has 130 valence electrons. The quantitative estimate of drug-likeness (QED) is 0.506. The summed E-state index contributed by atoms with van der Waals surface area (Å²) in [7, 11) is 0. The van der Waals surface area contributed by atoms with E-state index in [1.54, 1.807) is 30.3 Å². The van der Waals surface area contributed by atoms with Gasteiger partial charge in [0.05, 0.1) is 18.2 Å². The molecule has 1 aliphatic heterocycles. The zero-order chi connectivity index (χ0) is 17.6. The zero-order valence-electron chi connectivity index (χ0n) is 14.0. The van der Waals surface area contributed by atoms with Gasteiger partial charge in [-0.15, -0.1) is 0 Å². The van der Waals surface area contributed by atoms with Crippen molar-refractivity contribution in [3.05, 3.63) is 48.0 Å². The van der Waals surface area contributed by atoms with E-state index >= 15 is 0 Å². The molecule has 0 spiro atoms. The highest BCUT2D eigenvalue weighted by Gasteiger charge is 2.29. The number of rotatable bonds is 5. The van der Waals surface area contributed by atoms with Crippen molar-refractivity contribution in [2.75, 3.05) is 13.2 Å². The average Bonchev–Trinajstić information content (AvgIpc) is 2.99. The molecule has 1 N–H and O–H groups in total. The summed E-state index contributed by atoms with van der Waals surface area (Å²) >= 11 is 0. The Bertz CT molecular complexity index is 595. The van der Waals surface area contributed by atoms with E-state index in [1.807, 2.05) is 32.9 Å². The first kappa shape index (κ1) is 18.0. The Morgan fingerprint density at radius 1 is 1.25 bits per heavy atom. The van der Waals surface area contributed by atoms with Crippen molar-refractivity contribution in [3.8, 4) is 0 Å². The Kier molecular flexibility index (Phi) is 5.94. The molecule has 0 unspecified atom stereocenters. The van der Waals surface area contributed by atoms with Crippen LogP contribution in [0.5, 0.6) is 0 Å². The summed E-state index contributed by atoms with van der Waals surface area (Å²) in [5.41, 5.74) is 2.00. The van der Waals surface area contributed by atoms with Crippen molar-refractivity contribution in [2.24, 2.45) is 0 Å². The third kappa shape index (κ3) is 5.36. The molecule has 0 saturated carbocycles. The minimum absolute atomic E-state index is 0.123. The predicted molar refractivity (Wildman–Crippen MR) is 86.8 cm³/mol. The van der Waals surface area contributed by atoms with E-state index in [9.17, 15) is 9.59 Å². The molecule has 0 aliphatic carbocycles. The first-order valence-electron chi connectivity index (χ1n) is 7.66. The second kappa shape index (κ2) is 7.94. The van der Waals surface area contributed by atoms with Crippen molar-refractivity contribution >= 4 is 12.1 Å². The molecular formula is C17H22N2O5. The first-order valence-corrected chi connectivity index (χ1v) is 7.66. The van der Waals surface area contributed by atoms with Gasteiger partial charge in [-0.05, 0) is 38.5 Å². The summed E-state index contributed by atoms with van der Waals surface area (Å²) in [6.45, 7) is 6.00. The van der Waals surface area contributed by atoms with Crippen molar-refractivity contribution < 1.29 is 24.0 Å². The Morgan fingerprint density at radius 2 is 1.96 bits per heavy atom. The molecule has 7 nitrogen and oxygen atoms in total. The molecule has 2 rings (SSSR count). The van der Waals surface area contributed by atoms with Crippen molar-refractivity contribution in [2.45, 2.75) is 32.4 Å². The molecule has 1 atom stereocenters. The lowest BCUT2D eigenvalue weighted by molar-refractivity contribution is -0.141. The van der Waals surface area contributed by atoms with Crippen LogP contribution in [0.1, 0.15) is 31.1 Å². The Hall–Kier alpha value is -2.38. The molecule has 1 aromatic carbocycles. The number of amides is 1. The fourth-order valence-corrected chi connectivity index (χ4v) is 2.07. The smallest absolute Gasteiger partial charge is 0.411 e. The highest BCUT2D eigenvalue weighted by Crippen LogP contribution is 2.16. The molecule has 0 fully saturated rings. The average molecular weight is 334 g/mol. The van der Waals surface area contributed by atoms with E-state index in [0.717, 1.165) is 0 Å². The lowest BCUT2D eigenvalue weighted by Crippen LogP contribution is -2.43. The molecule has 1 aromatic rings. The predicted octanol–water partition coefficient (Wildman–Crippen LogP) is 2.46. The molecule has 0 aromatic heterocycles. The molecule has 0 saturated heterocycles. The van der Waals surface area contributed by atoms with Crippen molar-refractivity contribution in [3.63, 3.8) is 0 Å². The van der Waals surface area contributed by atoms with E-state index in [0.29, 0.717) is 12.1 Å². The Balaban J connectivity index is 1.74. The molecule has 0 radical (unpaired) electrons. The molecule has 7 heteroatoms. The maximum atomic E-state index is 12.1. The number of nitrogens with zero attached hydrogens (tertiary/aromatic N) is 1. The lowest BCUT2D eigenvalue weighted by atomic mass is 10.2. The highest BCUT2D eigenvalue weighted by molar-refractivity contribution is 5.88. The normalized spacial score (nSPS) is 17.0. The number of ether oxygens (including phenoxy) is 1. The molecule has 1 amide bonds. The van der Waals surface area contributed by atoms with Crippen LogP contribution in [0.15, 0.2) is 42.5 Å². The fraction of sp³-hybridized carbons (Fsp3) is 0.412. The van der Waals surface area contributed by atoms with Gasteiger partial charge in [-0.1, -0.05) is 30.4 Å². The van der Waals surface area contributed by atoms with Gasteiger partial charge in [0, 0.05) is 6.54 Å². The van der Waals surface area contributed by atoms with Crippen molar-refractivity contribution in [1.82, 2.24) is 10.5 Å². The number of hydrogen-bond donors (Lipinski definition) is 1. The van der Waals surface area contributed by atoms with E-state index in [1.165, 1.54) is 4.90 Å². The van der Waals surface area contributed by atoms with Crippen molar-refractivity contribution in [1.29, 1.82) is 0 Å². The van der Waals surface area contributed by atoms with Gasteiger partial charge >= 0.3 is 12.1 Å².